The number of hydrogen-bond acceptors (Lipinski definition) is 5. The van der Waals surface area contributed by atoms with Crippen molar-refractivity contribution in [2.75, 3.05) is 25.0 Å². The van der Waals surface area contributed by atoms with E-state index in [1.54, 1.807) is 0 Å². The minimum atomic E-state index is 0.657. The monoisotopic (exact) mass is 236 g/mol. The molecule has 5 heteroatoms. The number of nitrogens with one attached hydrogen (secondary N) is 2. The third kappa shape index (κ3) is 2.41. The Hall–Kier alpha value is -0.940. The summed E-state index contributed by atoms with van der Waals surface area (Å²) >= 11 is 1.49. The second kappa shape index (κ2) is 4.51. The van der Waals surface area contributed by atoms with Crippen molar-refractivity contribution in [3.63, 3.8) is 0 Å². The highest BCUT2D eigenvalue weighted by Gasteiger charge is 2.27. The Morgan fingerprint density at radius 2 is 2.44 bits per heavy atom. The first-order valence-electron chi connectivity index (χ1n) is 5.88. The van der Waals surface area contributed by atoms with E-state index in [9.17, 15) is 0 Å². The van der Waals surface area contributed by atoms with Gasteiger partial charge in [-0.25, -0.2) is 4.98 Å². The van der Waals surface area contributed by atoms with Crippen LogP contribution < -0.4 is 10.6 Å². The molecule has 1 fully saturated rings. The molecule has 1 aliphatic heterocycles. The molecule has 1 aromatic heterocycles. The quantitative estimate of drug-likeness (QED) is 0.782. The molecular weight excluding hydrogens is 220 g/mol. The molecule has 0 radical (unpaired) electrons. The number of rotatable bonds is 4. The van der Waals surface area contributed by atoms with Crippen molar-refractivity contribution in [2.24, 2.45) is 0 Å². The summed E-state index contributed by atoms with van der Waals surface area (Å²) in [4.78, 5) is 4.51. The first-order valence-corrected chi connectivity index (χ1v) is 6.65. The molecule has 0 amide bonds. The molecule has 1 aliphatic carbocycles. The van der Waals surface area contributed by atoms with Crippen molar-refractivity contribution in [2.45, 2.75) is 25.2 Å². The minimum absolute atomic E-state index is 0.657. The van der Waals surface area contributed by atoms with E-state index in [0.29, 0.717) is 5.92 Å². The predicted molar refractivity (Wildman–Crippen MR) is 65.9 cm³/mol. The Morgan fingerprint density at radius 3 is 3.19 bits per heavy atom. The lowest BCUT2D eigenvalue weighted by atomic mass is 10.1. The number of nitrogens with zero attached hydrogens (tertiary/aromatic N) is 2. The number of anilines is 1. The van der Waals surface area contributed by atoms with Crippen molar-refractivity contribution >= 4 is 16.7 Å². The minimum Gasteiger partial charge on any atom is -0.357 e. The summed E-state index contributed by atoms with van der Waals surface area (Å²) in [5.41, 5.74) is 1.47. The molecule has 3 rings (SSSR count). The molecule has 0 saturated heterocycles. The van der Waals surface area contributed by atoms with Crippen LogP contribution in [-0.4, -0.2) is 29.0 Å². The van der Waals surface area contributed by atoms with Crippen molar-refractivity contribution in [1.29, 1.82) is 0 Å². The second-order valence-corrected chi connectivity index (χ2v) is 5.15. The highest BCUT2D eigenvalue weighted by Crippen LogP contribution is 2.39. The van der Waals surface area contributed by atoms with Crippen LogP contribution in [0.5, 0.6) is 0 Å². The summed E-state index contributed by atoms with van der Waals surface area (Å²) in [7, 11) is 0. The Kier molecular flexibility index (Phi) is 2.88. The molecule has 0 bridgehead atoms. The van der Waals surface area contributed by atoms with Gasteiger partial charge in [0.15, 0.2) is 0 Å². The van der Waals surface area contributed by atoms with E-state index in [4.69, 9.17) is 0 Å². The molecule has 2 N–H and O–H groups in total. The van der Waals surface area contributed by atoms with Crippen LogP contribution in [0.4, 0.5) is 5.13 Å². The zero-order chi connectivity index (χ0) is 10.8. The molecule has 2 aliphatic rings. The zero-order valence-corrected chi connectivity index (χ0v) is 10.0. The van der Waals surface area contributed by atoms with Gasteiger partial charge in [-0.3, -0.25) is 0 Å². The third-order valence-corrected chi connectivity index (χ3v) is 3.70. The van der Waals surface area contributed by atoms with Crippen LogP contribution in [0.15, 0.2) is 11.6 Å². The molecule has 2 heterocycles. The van der Waals surface area contributed by atoms with Crippen molar-refractivity contribution in [1.82, 2.24) is 14.7 Å². The molecule has 0 unspecified atom stereocenters. The summed E-state index contributed by atoms with van der Waals surface area (Å²) in [5.74, 6) is 1.71. The van der Waals surface area contributed by atoms with Gasteiger partial charge in [0.05, 0.1) is 0 Å². The van der Waals surface area contributed by atoms with Crippen LogP contribution in [0.25, 0.3) is 0 Å². The Labute approximate surface area is 99.3 Å². The van der Waals surface area contributed by atoms with Crippen molar-refractivity contribution in [3.8, 4) is 0 Å². The van der Waals surface area contributed by atoms with E-state index < -0.39 is 0 Å². The molecule has 86 valence electrons. The van der Waals surface area contributed by atoms with Gasteiger partial charge in [0.2, 0.25) is 5.13 Å². The van der Waals surface area contributed by atoms with Crippen LogP contribution in [0.2, 0.25) is 0 Å². The lowest BCUT2D eigenvalue weighted by Gasteiger charge is -2.13. The van der Waals surface area contributed by atoms with Crippen LogP contribution in [0.3, 0.4) is 0 Å². The maximum atomic E-state index is 4.51. The zero-order valence-electron chi connectivity index (χ0n) is 9.20. The lowest BCUT2D eigenvalue weighted by Crippen LogP contribution is -2.23. The average Bonchev–Trinajstić information content (AvgIpc) is 3.08. The topological polar surface area (TPSA) is 49.8 Å². The lowest BCUT2D eigenvalue weighted by molar-refractivity contribution is 0.698. The van der Waals surface area contributed by atoms with Gasteiger partial charge in [0.25, 0.3) is 0 Å². The van der Waals surface area contributed by atoms with Gasteiger partial charge in [-0.05, 0) is 25.8 Å². The summed E-state index contributed by atoms with van der Waals surface area (Å²) in [6.45, 7) is 3.01. The predicted octanol–water partition coefficient (Wildman–Crippen LogP) is 1.75. The molecule has 4 nitrogen and oxygen atoms in total. The van der Waals surface area contributed by atoms with E-state index in [0.717, 1.165) is 37.0 Å². The van der Waals surface area contributed by atoms with Gasteiger partial charge in [-0.1, -0.05) is 11.6 Å². The first-order chi connectivity index (χ1) is 7.92. The standard InChI is InChI=1S/C11H16N4S/c1-2-9(1)10-14-11(16-15-10)13-7-8-3-5-12-6-4-8/h3,9,12H,1-2,4-7H2,(H,13,14,15). The Morgan fingerprint density at radius 1 is 1.50 bits per heavy atom. The van der Waals surface area contributed by atoms with Gasteiger partial charge >= 0.3 is 0 Å². The van der Waals surface area contributed by atoms with E-state index in [1.807, 2.05) is 0 Å². The number of hydrogen-bond donors (Lipinski definition) is 2. The fourth-order valence-corrected chi connectivity index (χ4v) is 2.47. The molecular formula is C11H16N4S. The Bertz CT molecular complexity index is 394. The molecule has 0 spiro atoms. The number of aromatic nitrogens is 2. The molecule has 1 aromatic rings. The molecule has 1 saturated carbocycles. The summed E-state index contributed by atoms with van der Waals surface area (Å²) in [5, 5.41) is 7.65. The van der Waals surface area contributed by atoms with Gasteiger partial charge < -0.3 is 10.6 Å². The van der Waals surface area contributed by atoms with Crippen LogP contribution in [-0.2, 0) is 0 Å². The maximum Gasteiger partial charge on any atom is 0.202 e. The molecule has 0 atom stereocenters. The van der Waals surface area contributed by atoms with Crippen molar-refractivity contribution in [3.05, 3.63) is 17.5 Å². The van der Waals surface area contributed by atoms with E-state index in [-0.39, 0.29) is 0 Å². The fourth-order valence-electron chi connectivity index (χ4n) is 1.83. The van der Waals surface area contributed by atoms with Crippen molar-refractivity contribution < 1.29 is 0 Å². The van der Waals surface area contributed by atoms with Gasteiger partial charge in [-0.15, -0.1) is 0 Å². The normalized spacial score (nSPS) is 20.6. The summed E-state index contributed by atoms with van der Waals surface area (Å²) < 4.78 is 4.38. The molecule has 16 heavy (non-hydrogen) atoms. The van der Waals surface area contributed by atoms with Gasteiger partial charge in [-0.2, -0.15) is 4.37 Å². The highest BCUT2D eigenvalue weighted by molar-refractivity contribution is 7.09. The van der Waals surface area contributed by atoms with Gasteiger partial charge in [0.1, 0.15) is 5.82 Å². The second-order valence-electron chi connectivity index (χ2n) is 4.40. The van der Waals surface area contributed by atoms with Crippen LogP contribution >= 0.6 is 11.5 Å². The summed E-state index contributed by atoms with van der Waals surface area (Å²) in [6.07, 6.45) is 5.95. The Balaban J connectivity index is 1.54. The SMILES string of the molecule is C1=C(CNc2nc(C3CC3)ns2)CCNC1. The highest BCUT2D eigenvalue weighted by atomic mass is 32.1. The smallest absolute Gasteiger partial charge is 0.202 e. The van der Waals surface area contributed by atoms with E-state index in [1.165, 1.54) is 29.9 Å². The van der Waals surface area contributed by atoms with E-state index >= 15 is 0 Å². The third-order valence-electron chi connectivity index (χ3n) is 3.01. The van der Waals surface area contributed by atoms with Crippen LogP contribution in [0, 0.1) is 0 Å². The first kappa shape index (κ1) is 10.2. The largest absolute Gasteiger partial charge is 0.357 e. The summed E-state index contributed by atoms with van der Waals surface area (Å²) in [6, 6.07) is 0. The van der Waals surface area contributed by atoms with Gasteiger partial charge in [0, 0.05) is 30.5 Å². The fraction of sp³-hybridized carbons (Fsp3) is 0.636. The average molecular weight is 236 g/mol. The molecule has 0 aromatic carbocycles. The van der Waals surface area contributed by atoms with Crippen LogP contribution in [0.1, 0.15) is 31.0 Å². The maximum absolute atomic E-state index is 4.51. The van der Waals surface area contributed by atoms with E-state index in [2.05, 4.69) is 26.1 Å².